The van der Waals surface area contributed by atoms with E-state index in [4.69, 9.17) is 0 Å². The second-order valence-electron chi connectivity index (χ2n) is 5.71. The third-order valence-corrected chi connectivity index (χ3v) is 5.35. The maximum Gasteiger partial charge on any atom is 0.236 e. The predicted molar refractivity (Wildman–Crippen MR) is 94.2 cm³/mol. The van der Waals surface area contributed by atoms with Crippen LogP contribution in [0.2, 0.25) is 0 Å². The van der Waals surface area contributed by atoms with E-state index in [9.17, 15) is 9.59 Å². The molecule has 0 aliphatic rings. The summed E-state index contributed by atoms with van der Waals surface area (Å²) in [7, 11) is 0. The van der Waals surface area contributed by atoms with Crippen LogP contribution in [0.15, 0.2) is 9.72 Å². The maximum atomic E-state index is 11.9. The summed E-state index contributed by atoms with van der Waals surface area (Å²) in [4.78, 5) is 27.9. The molecule has 0 aromatic carbocycles. The number of anilines is 2. The standard InChI is InChI=1S/C13H17N5O2S3/c1-7-5-21-10(14-7)15-8(19)6-22-12-18-17-11(23-12)16-9(20)13(2,3)4/h5H,6H2,1-4H3,(H,14,15,19)(H,16,17,20). The quantitative estimate of drug-likeness (QED) is 0.619. The maximum absolute atomic E-state index is 11.9. The number of carbonyl (C=O) groups is 2. The first-order valence-corrected chi connectivity index (χ1v) is 9.42. The summed E-state index contributed by atoms with van der Waals surface area (Å²) in [6.45, 7) is 7.34. The first-order valence-electron chi connectivity index (χ1n) is 6.74. The third kappa shape index (κ3) is 5.56. The minimum atomic E-state index is -0.495. The summed E-state index contributed by atoms with van der Waals surface area (Å²) in [5.41, 5.74) is 0.381. The Labute approximate surface area is 146 Å². The molecule has 0 unspecified atom stereocenters. The predicted octanol–water partition coefficient (Wildman–Crippen LogP) is 3.02. The van der Waals surface area contributed by atoms with Crippen LogP contribution in [0.3, 0.4) is 0 Å². The number of aromatic nitrogens is 3. The summed E-state index contributed by atoms with van der Waals surface area (Å²) >= 11 is 3.90. The number of rotatable bonds is 5. The van der Waals surface area contributed by atoms with Gasteiger partial charge in [-0.3, -0.25) is 9.59 Å². The first-order chi connectivity index (χ1) is 10.7. The van der Waals surface area contributed by atoms with Crippen LogP contribution >= 0.6 is 34.4 Å². The molecule has 2 heterocycles. The SMILES string of the molecule is Cc1csc(NC(=O)CSc2nnc(NC(=O)C(C)(C)C)s2)n1. The highest BCUT2D eigenvalue weighted by atomic mass is 32.2. The number of carbonyl (C=O) groups excluding carboxylic acids is 2. The molecule has 0 aliphatic heterocycles. The number of thioether (sulfide) groups is 1. The topological polar surface area (TPSA) is 96.9 Å². The summed E-state index contributed by atoms with van der Waals surface area (Å²) in [5, 5.41) is 16.2. The Morgan fingerprint density at radius 1 is 1.22 bits per heavy atom. The van der Waals surface area contributed by atoms with Crippen molar-refractivity contribution in [3.05, 3.63) is 11.1 Å². The zero-order valence-electron chi connectivity index (χ0n) is 13.2. The third-order valence-electron chi connectivity index (χ3n) is 2.50. The number of nitrogens with zero attached hydrogens (tertiary/aromatic N) is 3. The van der Waals surface area contributed by atoms with Crippen molar-refractivity contribution in [1.29, 1.82) is 0 Å². The number of amides is 2. The monoisotopic (exact) mass is 371 g/mol. The van der Waals surface area contributed by atoms with E-state index in [-0.39, 0.29) is 17.6 Å². The van der Waals surface area contributed by atoms with E-state index >= 15 is 0 Å². The number of hydrogen-bond donors (Lipinski definition) is 2. The molecule has 2 aromatic heterocycles. The molecular formula is C13H17N5O2S3. The Balaban J connectivity index is 1.82. The lowest BCUT2D eigenvalue weighted by molar-refractivity contribution is -0.123. The molecule has 0 radical (unpaired) electrons. The summed E-state index contributed by atoms with van der Waals surface area (Å²) in [6, 6.07) is 0. The van der Waals surface area contributed by atoms with E-state index in [1.54, 1.807) is 0 Å². The van der Waals surface area contributed by atoms with Crippen molar-refractivity contribution in [3.63, 3.8) is 0 Å². The molecule has 0 saturated heterocycles. The fraction of sp³-hybridized carbons (Fsp3) is 0.462. The minimum absolute atomic E-state index is 0.123. The average molecular weight is 372 g/mol. The van der Waals surface area contributed by atoms with Gasteiger partial charge >= 0.3 is 0 Å². The van der Waals surface area contributed by atoms with Gasteiger partial charge in [0.2, 0.25) is 16.9 Å². The van der Waals surface area contributed by atoms with E-state index in [0.717, 1.165) is 5.69 Å². The molecular weight excluding hydrogens is 354 g/mol. The van der Waals surface area contributed by atoms with Crippen molar-refractivity contribution in [2.75, 3.05) is 16.4 Å². The van der Waals surface area contributed by atoms with Crippen molar-refractivity contribution in [1.82, 2.24) is 15.2 Å². The van der Waals surface area contributed by atoms with Crippen molar-refractivity contribution in [2.45, 2.75) is 32.0 Å². The van der Waals surface area contributed by atoms with Gasteiger partial charge in [-0.25, -0.2) is 4.98 Å². The van der Waals surface area contributed by atoms with Crippen LogP contribution in [-0.4, -0.2) is 32.7 Å². The lowest BCUT2D eigenvalue weighted by Gasteiger charge is -2.15. The smallest absolute Gasteiger partial charge is 0.236 e. The van der Waals surface area contributed by atoms with Crippen LogP contribution in [0.5, 0.6) is 0 Å². The highest BCUT2D eigenvalue weighted by Gasteiger charge is 2.22. The molecule has 2 rings (SSSR count). The Kier molecular flexibility index (Phi) is 5.71. The molecule has 0 fully saturated rings. The number of nitrogens with one attached hydrogen (secondary N) is 2. The number of hydrogen-bond acceptors (Lipinski definition) is 8. The van der Waals surface area contributed by atoms with Crippen LogP contribution < -0.4 is 10.6 Å². The molecule has 0 aliphatic carbocycles. The van der Waals surface area contributed by atoms with E-state index in [2.05, 4.69) is 25.8 Å². The molecule has 7 nitrogen and oxygen atoms in total. The zero-order valence-corrected chi connectivity index (χ0v) is 15.6. The first kappa shape index (κ1) is 17.8. The van der Waals surface area contributed by atoms with E-state index in [1.165, 1.54) is 34.4 Å². The second kappa shape index (κ2) is 7.37. The Morgan fingerprint density at radius 2 is 1.96 bits per heavy atom. The van der Waals surface area contributed by atoms with E-state index in [0.29, 0.717) is 14.6 Å². The zero-order chi connectivity index (χ0) is 17.0. The van der Waals surface area contributed by atoms with Gasteiger partial charge in [0.1, 0.15) is 0 Å². The highest BCUT2D eigenvalue weighted by molar-refractivity contribution is 8.01. The summed E-state index contributed by atoms with van der Waals surface area (Å²) < 4.78 is 0.625. The van der Waals surface area contributed by atoms with Crippen LogP contribution in [0, 0.1) is 12.3 Å². The number of aryl methyl sites for hydroxylation is 1. The van der Waals surface area contributed by atoms with Crippen LogP contribution in [0.4, 0.5) is 10.3 Å². The van der Waals surface area contributed by atoms with Crippen LogP contribution in [0.25, 0.3) is 0 Å². The minimum Gasteiger partial charge on any atom is -0.301 e. The van der Waals surface area contributed by atoms with Crippen molar-refractivity contribution in [2.24, 2.45) is 5.41 Å². The molecule has 0 spiro atoms. The Hall–Kier alpha value is -1.52. The molecule has 2 aromatic rings. The normalized spacial score (nSPS) is 11.3. The van der Waals surface area contributed by atoms with Crippen molar-refractivity contribution in [3.8, 4) is 0 Å². The molecule has 10 heteroatoms. The lowest BCUT2D eigenvalue weighted by atomic mass is 9.96. The van der Waals surface area contributed by atoms with Crippen molar-refractivity contribution >= 4 is 56.5 Å². The van der Waals surface area contributed by atoms with Gasteiger partial charge < -0.3 is 10.6 Å². The largest absolute Gasteiger partial charge is 0.301 e. The van der Waals surface area contributed by atoms with Crippen LogP contribution in [-0.2, 0) is 9.59 Å². The van der Waals surface area contributed by atoms with Gasteiger partial charge in [-0.2, -0.15) is 0 Å². The molecule has 0 saturated carbocycles. The molecule has 0 bridgehead atoms. The van der Waals surface area contributed by atoms with Gasteiger partial charge in [0.05, 0.1) is 11.4 Å². The van der Waals surface area contributed by atoms with E-state index in [1.807, 2.05) is 33.1 Å². The highest BCUT2D eigenvalue weighted by Crippen LogP contribution is 2.27. The fourth-order valence-corrected chi connectivity index (χ4v) is 3.55. The summed E-state index contributed by atoms with van der Waals surface area (Å²) in [6.07, 6.45) is 0. The lowest BCUT2D eigenvalue weighted by Crippen LogP contribution is -2.27. The van der Waals surface area contributed by atoms with Crippen molar-refractivity contribution < 1.29 is 9.59 Å². The number of thiazole rings is 1. The van der Waals surface area contributed by atoms with Gasteiger partial charge in [0.25, 0.3) is 0 Å². The molecule has 23 heavy (non-hydrogen) atoms. The van der Waals surface area contributed by atoms with Gasteiger partial charge in [-0.1, -0.05) is 43.9 Å². The van der Waals surface area contributed by atoms with Gasteiger partial charge in [-0.05, 0) is 6.92 Å². The molecule has 2 amide bonds. The second-order valence-corrected chi connectivity index (χ2v) is 8.77. The summed E-state index contributed by atoms with van der Waals surface area (Å²) in [5.74, 6) is -0.0672. The van der Waals surface area contributed by atoms with Gasteiger partial charge in [0.15, 0.2) is 9.47 Å². The molecule has 0 atom stereocenters. The molecule has 124 valence electrons. The van der Waals surface area contributed by atoms with Gasteiger partial charge in [-0.15, -0.1) is 21.5 Å². The average Bonchev–Trinajstić information content (AvgIpc) is 3.05. The molecule has 2 N–H and O–H groups in total. The Bertz CT molecular complexity index is 705. The fourth-order valence-electron chi connectivity index (χ4n) is 1.30. The van der Waals surface area contributed by atoms with Gasteiger partial charge in [0, 0.05) is 10.8 Å². The van der Waals surface area contributed by atoms with E-state index < -0.39 is 5.41 Å². The van der Waals surface area contributed by atoms with Crippen LogP contribution in [0.1, 0.15) is 26.5 Å². The Morgan fingerprint density at radius 3 is 2.57 bits per heavy atom.